The van der Waals surface area contributed by atoms with E-state index in [2.05, 4.69) is 69.7 Å². The molecule has 2 N–H and O–H groups in total. The number of aryl methyl sites for hydroxylation is 1. The van der Waals surface area contributed by atoms with Crippen LogP contribution in [0.25, 0.3) is 22.0 Å². The molecular weight excluding hydrogens is 362 g/mol. The van der Waals surface area contributed by atoms with Crippen molar-refractivity contribution in [3.63, 3.8) is 0 Å². The molecule has 6 heteroatoms. The molecule has 29 heavy (non-hydrogen) atoms. The first-order valence-electron chi connectivity index (χ1n) is 9.49. The van der Waals surface area contributed by atoms with Gasteiger partial charge in [-0.05, 0) is 59.8 Å². The van der Waals surface area contributed by atoms with Crippen molar-refractivity contribution in [1.29, 1.82) is 0 Å². The van der Waals surface area contributed by atoms with Crippen molar-refractivity contribution in [3.05, 3.63) is 78.5 Å². The predicted octanol–water partition coefficient (Wildman–Crippen LogP) is 4.00. The molecule has 6 nitrogen and oxygen atoms in total. The third-order valence-electron chi connectivity index (χ3n) is 4.93. The number of likely N-dealkylation sites (N-methyl/N-ethyl adjacent to an activating group) is 1. The van der Waals surface area contributed by atoms with Crippen LogP contribution < -0.4 is 5.32 Å². The fourth-order valence-corrected chi connectivity index (χ4v) is 3.44. The molecule has 4 aromatic rings. The molecule has 146 valence electrons. The first-order chi connectivity index (χ1) is 14.1. The van der Waals surface area contributed by atoms with Crippen LogP contribution in [0.3, 0.4) is 0 Å². The minimum absolute atomic E-state index is 0.0867. The number of nitrogens with one attached hydrogen (secondary N) is 2. The van der Waals surface area contributed by atoms with Gasteiger partial charge in [0, 0.05) is 18.3 Å². The molecule has 2 heterocycles. The van der Waals surface area contributed by atoms with E-state index in [4.69, 9.17) is 0 Å². The fourth-order valence-electron chi connectivity index (χ4n) is 3.44. The molecule has 2 aromatic heterocycles. The van der Waals surface area contributed by atoms with E-state index in [1.807, 2.05) is 18.1 Å². The molecule has 0 aliphatic heterocycles. The van der Waals surface area contributed by atoms with E-state index in [1.54, 1.807) is 12.4 Å². The number of hydrogen-bond acceptors (Lipinski definition) is 4. The van der Waals surface area contributed by atoms with Crippen molar-refractivity contribution >= 4 is 22.5 Å². The highest BCUT2D eigenvalue weighted by molar-refractivity contribution is 5.91. The maximum atomic E-state index is 12.2. The molecule has 0 atom stereocenters. The normalized spacial score (nSPS) is 11.1. The maximum absolute atomic E-state index is 12.2. The minimum Gasteiger partial charge on any atom is -0.361 e. The molecule has 0 saturated heterocycles. The zero-order valence-corrected chi connectivity index (χ0v) is 16.5. The smallest absolute Gasteiger partial charge is 0.238 e. The van der Waals surface area contributed by atoms with Gasteiger partial charge in [-0.25, -0.2) is 9.97 Å². The Kier molecular flexibility index (Phi) is 5.35. The number of H-pyrrole nitrogens is 1. The molecular formula is C23H23N5O. The molecule has 0 bridgehead atoms. The molecule has 0 spiro atoms. The summed E-state index contributed by atoms with van der Waals surface area (Å²) in [6.07, 6.45) is 6.56. The number of carbonyl (C=O) groups excluding carboxylic acids is 1. The lowest BCUT2D eigenvalue weighted by molar-refractivity contribution is -0.117. The molecule has 2 aromatic carbocycles. The van der Waals surface area contributed by atoms with Crippen LogP contribution in [-0.4, -0.2) is 39.4 Å². The predicted molar refractivity (Wildman–Crippen MR) is 115 cm³/mol. The maximum Gasteiger partial charge on any atom is 0.238 e. The van der Waals surface area contributed by atoms with Gasteiger partial charge in [0.1, 0.15) is 6.33 Å². The molecule has 0 aliphatic carbocycles. The topological polar surface area (TPSA) is 73.9 Å². The Morgan fingerprint density at radius 3 is 2.62 bits per heavy atom. The highest BCUT2D eigenvalue weighted by atomic mass is 16.2. The number of nitrogens with zero attached hydrogens (tertiary/aromatic N) is 3. The summed E-state index contributed by atoms with van der Waals surface area (Å²) in [4.78, 5) is 25.2. The van der Waals surface area contributed by atoms with Crippen LogP contribution in [0, 0.1) is 6.92 Å². The van der Waals surface area contributed by atoms with Crippen LogP contribution in [-0.2, 0) is 11.3 Å². The summed E-state index contributed by atoms with van der Waals surface area (Å²) in [5.41, 5.74) is 6.55. The third-order valence-corrected chi connectivity index (χ3v) is 4.93. The number of fused-ring (bicyclic) bond motifs is 1. The van der Waals surface area contributed by atoms with E-state index in [0.29, 0.717) is 18.8 Å². The summed E-state index contributed by atoms with van der Waals surface area (Å²) >= 11 is 0. The quantitative estimate of drug-likeness (QED) is 0.526. The number of hydrogen-bond donors (Lipinski definition) is 2. The Labute approximate surface area is 169 Å². The van der Waals surface area contributed by atoms with Gasteiger partial charge in [0.2, 0.25) is 5.91 Å². The first-order valence-corrected chi connectivity index (χ1v) is 9.49. The number of aromatic nitrogens is 3. The van der Waals surface area contributed by atoms with Crippen molar-refractivity contribution in [3.8, 4) is 11.1 Å². The molecule has 0 saturated carbocycles. The van der Waals surface area contributed by atoms with Crippen LogP contribution >= 0.6 is 0 Å². The summed E-state index contributed by atoms with van der Waals surface area (Å²) < 4.78 is 0. The van der Waals surface area contributed by atoms with Crippen LogP contribution in [0.2, 0.25) is 0 Å². The second-order valence-corrected chi connectivity index (χ2v) is 7.27. The highest BCUT2D eigenvalue weighted by Gasteiger charge is 2.10. The first kappa shape index (κ1) is 18.8. The van der Waals surface area contributed by atoms with Gasteiger partial charge >= 0.3 is 0 Å². The van der Waals surface area contributed by atoms with Crippen LogP contribution in [0.1, 0.15) is 11.1 Å². The fraction of sp³-hybridized carbons (Fsp3) is 0.174. The zero-order valence-electron chi connectivity index (χ0n) is 16.5. The zero-order chi connectivity index (χ0) is 20.2. The highest BCUT2D eigenvalue weighted by Crippen LogP contribution is 2.26. The van der Waals surface area contributed by atoms with Crippen molar-refractivity contribution < 1.29 is 4.79 Å². The Hall–Kier alpha value is -3.51. The Morgan fingerprint density at radius 2 is 1.83 bits per heavy atom. The number of anilines is 1. The van der Waals surface area contributed by atoms with Crippen molar-refractivity contribution in [2.45, 2.75) is 13.5 Å². The summed E-state index contributed by atoms with van der Waals surface area (Å²) in [6, 6.07) is 15.0. The lowest BCUT2D eigenvalue weighted by Gasteiger charge is -2.18. The van der Waals surface area contributed by atoms with E-state index in [0.717, 1.165) is 5.52 Å². The number of benzene rings is 2. The van der Waals surface area contributed by atoms with Crippen molar-refractivity contribution in [2.75, 3.05) is 18.9 Å². The van der Waals surface area contributed by atoms with E-state index >= 15 is 0 Å². The Morgan fingerprint density at radius 1 is 1.07 bits per heavy atom. The van der Waals surface area contributed by atoms with Crippen LogP contribution in [0.4, 0.5) is 5.69 Å². The van der Waals surface area contributed by atoms with Gasteiger partial charge in [0.15, 0.2) is 0 Å². The largest absolute Gasteiger partial charge is 0.361 e. The monoisotopic (exact) mass is 385 g/mol. The lowest BCUT2D eigenvalue weighted by atomic mass is 9.99. The number of rotatable bonds is 6. The SMILES string of the molecule is Cc1cc(-c2ccc3[nH]ccc3c2)ccc1CN(C)CC(=O)Nc1cncnc1. The average Bonchev–Trinajstić information content (AvgIpc) is 3.18. The Balaban J connectivity index is 1.41. The average molecular weight is 385 g/mol. The van der Waals surface area contributed by atoms with Crippen molar-refractivity contribution in [1.82, 2.24) is 19.9 Å². The van der Waals surface area contributed by atoms with Gasteiger partial charge in [-0.3, -0.25) is 9.69 Å². The van der Waals surface area contributed by atoms with E-state index in [9.17, 15) is 4.79 Å². The van der Waals surface area contributed by atoms with Gasteiger partial charge in [-0.1, -0.05) is 24.3 Å². The van der Waals surface area contributed by atoms with Crippen LogP contribution in [0.5, 0.6) is 0 Å². The van der Waals surface area contributed by atoms with Gasteiger partial charge < -0.3 is 10.3 Å². The molecule has 0 radical (unpaired) electrons. The summed E-state index contributed by atoms with van der Waals surface area (Å²) in [6.45, 7) is 3.10. The second-order valence-electron chi connectivity index (χ2n) is 7.27. The number of aromatic amines is 1. The van der Waals surface area contributed by atoms with E-state index < -0.39 is 0 Å². The number of carbonyl (C=O) groups is 1. The molecule has 1 amide bonds. The molecule has 0 fully saturated rings. The van der Waals surface area contributed by atoms with E-state index in [-0.39, 0.29) is 5.91 Å². The standard InChI is InChI=1S/C23H23N5O/c1-16-9-17(18-5-6-22-19(10-18)7-8-26-22)3-4-20(16)13-28(2)14-23(29)27-21-11-24-15-25-12-21/h3-12,15,26H,13-14H2,1-2H3,(H,27,29). The van der Waals surface area contributed by atoms with Gasteiger partial charge in [-0.15, -0.1) is 0 Å². The summed E-state index contributed by atoms with van der Waals surface area (Å²) in [5, 5.41) is 4.02. The molecule has 4 rings (SSSR count). The van der Waals surface area contributed by atoms with Gasteiger partial charge in [0.25, 0.3) is 0 Å². The molecule has 0 unspecified atom stereocenters. The van der Waals surface area contributed by atoms with Crippen molar-refractivity contribution in [2.24, 2.45) is 0 Å². The lowest BCUT2D eigenvalue weighted by Crippen LogP contribution is -2.30. The van der Waals surface area contributed by atoms with Crippen LogP contribution in [0.15, 0.2) is 67.4 Å². The summed E-state index contributed by atoms with van der Waals surface area (Å²) in [7, 11) is 1.94. The number of amides is 1. The minimum atomic E-state index is -0.0867. The van der Waals surface area contributed by atoms with E-state index in [1.165, 1.54) is 34.0 Å². The van der Waals surface area contributed by atoms with Gasteiger partial charge in [-0.2, -0.15) is 0 Å². The Bertz CT molecular complexity index is 1140. The molecule has 0 aliphatic rings. The summed E-state index contributed by atoms with van der Waals surface area (Å²) in [5.74, 6) is -0.0867. The third kappa shape index (κ3) is 4.50. The second kappa shape index (κ2) is 8.24. The van der Waals surface area contributed by atoms with Gasteiger partial charge in [0.05, 0.1) is 24.6 Å².